The summed E-state index contributed by atoms with van der Waals surface area (Å²) < 4.78 is 15.3. The molecule has 2 aromatic carbocycles. The summed E-state index contributed by atoms with van der Waals surface area (Å²) in [5.74, 6) is -0.877. The van der Waals surface area contributed by atoms with Gasteiger partial charge in [-0.25, -0.2) is 4.39 Å². The van der Waals surface area contributed by atoms with Gasteiger partial charge in [-0.3, -0.25) is 14.4 Å². The van der Waals surface area contributed by atoms with Gasteiger partial charge in [0, 0.05) is 43.5 Å². The molecule has 0 unspecified atom stereocenters. The fraction of sp³-hybridized carbons (Fsp3) is 0.227. The molecule has 0 saturated carbocycles. The number of fused-ring (bicyclic) bond motifs is 1. The molecule has 154 valence electrons. The smallest absolute Gasteiger partial charge is 0.254 e. The lowest BCUT2D eigenvalue weighted by Gasteiger charge is -2.26. The maximum absolute atomic E-state index is 13.5. The Balaban J connectivity index is 1.33. The van der Waals surface area contributed by atoms with Crippen molar-refractivity contribution >= 4 is 34.3 Å². The summed E-state index contributed by atoms with van der Waals surface area (Å²) >= 11 is 0. The summed E-state index contributed by atoms with van der Waals surface area (Å²) in [4.78, 5) is 37.7. The molecule has 2 N–H and O–H groups in total. The Hall–Kier alpha value is -3.68. The second kappa shape index (κ2) is 8.36. The minimum Gasteiger partial charge on any atom is -0.353 e. The van der Waals surface area contributed by atoms with Crippen molar-refractivity contribution in [2.75, 3.05) is 25.0 Å². The van der Waals surface area contributed by atoms with E-state index in [1.165, 1.54) is 17.0 Å². The largest absolute Gasteiger partial charge is 0.353 e. The van der Waals surface area contributed by atoms with E-state index >= 15 is 0 Å². The van der Waals surface area contributed by atoms with E-state index in [-0.39, 0.29) is 36.5 Å². The van der Waals surface area contributed by atoms with E-state index in [1.807, 2.05) is 16.8 Å². The van der Waals surface area contributed by atoms with E-state index in [0.29, 0.717) is 30.9 Å². The lowest BCUT2D eigenvalue weighted by molar-refractivity contribution is -0.123. The summed E-state index contributed by atoms with van der Waals surface area (Å²) in [5, 5.41) is 6.40. The quantitative estimate of drug-likeness (QED) is 0.680. The molecule has 0 spiro atoms. The number of nitrogens with zero attached hydrogens (tertiary/aromatic N) is 2. The van der Waals surface area contributed by atoms with Crippen LogP contribution in [0.2, 0.25) is 0 Å². The highest BCUT2D eigenvalue weighted by atomic mass is 19.1. The van der Waals surface area contributed by atoms with Crippen molar-refractivity contribution in [2.45, 2.75) is 13.0 Å². The number of aromatic nitrogens is 1. The summed E-state index contributed by atoms with van der Waals surface area (Å²) in [6.07, 6.45) is 2.06. The number of halogens is 1. The first-order valence-electron chi connectivity index (χ1n) is 9.70. The maximum atomic E-state index is 13.5. The normalized spacial score (nSPS) is 13.9. The molecule has 0 radical (unpaired) electrons. The van der Waals surface area contributed by atoms with Gasteiger partial charge in [0.2, 0.25) is 11.8 Å². The number of amides is 3. The number of hydrogen-bond acceptors (Lipinski definition) is 3. The van der Waals surface area contributed by atoms with Crippen molar-refractivity contribution in [3.63, 3.8) is 0 Å². The summed E-state index contributed by atoms with van der Waals surface area (Å²) in [7, 11) is 0. The van der Waals surface area contributed by atoms with Crippen LogP contribution in [0.4, 0.5) is 10.1 Å². The second-order valence-corrected chi connectivity index (χ2v) is 7.16. The van der Waals surface area contributed by atoms with E-state index in [2.05, 4.69) is 10.6 Å². The minimum atomic E-state index is -0.313. The Morgan fingerprint density at radius 2 is 1.90 bits per heavy atom. The summed E-state index contributed by atoms with van der Waals surface area (Å²) in [6, 6.07) is 13.0. The molecule has 2 heterocycles. The van der Waals surface area contributed by atoms with E-state index < -0.39 is 0 Å². The highest BCUT2D eigenvalue weighted by Gasteiger charge is 2.22. The molecule has 1 aromatic heterocycles. The Morgan fingerprint density at radius 3 is 2.67 bits per heavy atom. The average molecular weight is 408 g/mol. The number of rotatable bonds is 5. The number of piperazine rings is 1. The van der Waals surface area contributed by atoms with Crippen molar-refractivity contribution < 1.29 is 18.8 Å². The van der Waals surface area contributed by atoms with Gasteiger partial charge < -0.3 is 20.1 Å². The Labute approximate surface area is 172 Å². The molecule has 1 aliphatic heterocycles. The molecule has 1 fully saturated rings. The first kappa shape index (κ1) is 19.6. The Morgan fingerprint density at radius 1 is 1.10 bits per heavy atom. The maximum Gasteiger partial charge on any atom is 0.254 e. The van der Waals surface area contributed by atoms with E-state index in [4.69, 9.17) is 0 Å². The highest BCUT2D eigenvalue weighted by molar-refractivity contribution is 5.98. The van der Waals surface area contributed by atoms with Crippen LogP contribution >= 0.6 is 0 Å². The van der Waals surface area contributed by atoms with Gasteiger partial charge in [-0.1, -0.05) is 0 Å². The monoisotopic (exact) mass is 408 g/mol. The van der Waals surface area contributed by atoms with Crippen LogP contribution in [0.5, 0.6) is 0 Å². The third-order valence-corrected chi connectivity index (χ3v) is 5.06. The summed E-state index contributed by atoms with van der Waals surface area (Å²) in [5.41, 5.74) is 1.79. The Kier molecular flexibility index (Phi) is 5.47. The third kappa shape index (κ3) is 4.32. The topological polar surface area (TPSA) is 83.4 Å². The fourth-order valence-electron chi connectivity index (χ4n) is 3.49. The van der Waals surface area contributed by atoms with Crippen molar-refractivity contribution in [3.8, 4) is 0 Å². The van der Waals surface area contributed by atoms with Crippen LogP contribution < -0.4 is 10.6 Å². The van der Waals surface area contributed by atoms with Crippen molar-refractivity contribution in [1.29, 1.82) is 0 Å². The van der Waals surface area contributed by atoms with Crippen molar-refractivity contribution in [1.82, 2.24) is 14.8 Å². The number of carbonyl (C=O) groups excluding carboxylic acids is 3. The van der Waals surface area contributed by atoms with Gasteiger partial charge in [-0.15, -0.1) is 0 Å². The van der Waals surface area contributed by atoms with Gasteiger partial charge in [0.15, 0.2) is 0 Å². The SMILES string of the molecule is O=C1CN(C(=O)c2ccc(NC(=O)CCn3ccc4ccc(F)cc43)cc2)CCN1. The molecule has 1 saturated heterocycles. The predicted octanol–water partition coefficient (Wildman–Crippen LogP) is 2.38. The van der Waals surface area contributed by atoms with Gasteiger partial charge in [0.25, 0.3) is 5.91 Å². The number of anilines is 1. The van der Waals surface area contributed by atoms with Gasteiger partial charge in [-0.2, -0.15) is 0 Å². The van der Waals surface area contributed by atoms with Gasteiger partial charge in [0.05, 0.1) is 12.1 Å². The minimum absolute atomic E-state index is 0.0509. The first-order chi connectivity index (χ1) is 14.5. The fourth-order valence-corrected chi connectivity index (χ4v) is 3.49. The molecule has 8 heteroatoms. The average Bonchev–Trinajstić information content (AvgIpc) is 3.14. The lowest BCUT2D eigenvalue weighted by atomic mass is 10.1. The second-order valence-electron chi connectivity index (χ2n) is 7.16. The Bertz CT molecular complexity index is 1110. The highest BCUT2D eigenvalue weighted by Crippen LogP contribution is 2.18. The van der Waals surface area contributed by atoms with Crippen LogP contribution in [0, 0.1) is 5.82 Å². The number of benzene rings is 2. The zero-order valence-electron chi connectivity index (χ0n) is 16.2. The molecule has 0 atom stereocenters. The van der Waals surface area contributed by atoms with Gasteiger partial charge >= 0.3 is 0 Å². The van der Waals surface area contributed by atoms with Crippen LogP contribution in [-0.2, 0) is 16.1 Å². The zero-order chi connectivity index (χ0) is 21.1. The predicted molar refractivity (Wildman–Crippen MR) is 110 cm³/mol. The number of aryl methyl sites for hydroxylation is 1. The van der Waals surface area contributed by atoms with E-state index in [1.54, 1.807) is 30.3 Å². The van der Waals surface area contributed by atoms with E-state index in [0.717, 1.165) is 10.9 Å². The number of hydrogen-bond donors (Lipinski definition) is 2. The standard InChI is InChI=1S/C22H21FN4O3/c23-17-4-1-15-7-10-26(19(15)13-17)11-8-20(28)25-18-5-2-16(3-6-18)22(30)27-12-9-24-21(29)14-27/h1-7,10,13H,8-9,11-12,14H2,(H,24,29)(H,25,28). The van der Waals surface area contributed by atoms with Gasteiger partial charge in [0.1, 0.15) is 5.82 Å². The third-order valence-electron chi connectivity index (χ3n) is 5.06. The molecular formula is C22H21FN4O3. The molecule has 30 heavy (non-hydrogen) atoms. The van der Waals surface area contributed by atoms with Crippen LogP contribution in [0.1, 0.15) is 16.8 Å². The molecule has 1 aliphatic rings. The van der Waals surface area contributed by atoms with Gasteiger partial charge in [-0.05, 0) is 53.9 Å². The molecule has 3 amide bonds. The van der Waals surface area contributed by atoms with E-state index in [9.17, 15) is 18.8 Å². The molecule has 7 nitrogen and oxygen atoms in total. The van der Waals surface area contributed by atoms with Crippen molar-refractivity contribution in [3.05, 3.63) is 66.1 Å². The summed E-state index contributed by atoms with van der Waals surface area (Å²) in [6.45, 7) is 1.39. The molecular weight excluding hydrogens is 387 g/mol. The van der Waals surface area contributed by atoms with Crippen LogP contribution in [0.15, 0.2) is 54.7 Å². The number of carbonyl (C=O) groups is 3. The molecule has 3 aromatic rings. The zero-order valence-corrected chi connectivity index (χ0v) is 16.2. The number of nitrogens with one attached hydrogen (secondary N) is 2. The molecule has 0 bridgehead atoms. The van der Waals surface area contributed by atoms with Crippen molar-refractivity contribution in [2.24, 2.45) is 0 Å². The molecule has 0 aliphatic carbocycles. The lowest BCUT2D eigenvalue weighted by Crippen LogP contribution is -2.49. The van der Waals surface area contributed by atoms with Crippen LogP contribution in [-0.4, -0.2) is 46.8 Å². The first-order valence-corrected chi connectivity index (χ1v) is 9.70. The van der Waals surface area contributed by atoms with Crippen LogP contribution in [0.25, 0.3) is 10.9 Å². The molecule has 4 rings (SSSR count). The van der Waals surface area contributed by atoms with Crippen LogP contribution in [0.3, 0.4) is 0 Å².